The predicted molar refractivity (Wildman–Crippen MR) is 90.7 cm³/mol. The minimum Gasteiger partial charge on any atom is -0.497 e. The Morgan fingerprint density at radius 2 is 1.70 bits per heavy atom. The van der Waals surface area contributed by atoms with Gasteiger partial charge in [-0.2, -0.15) is 0 Å². The Balaban J connectivity index is 2.22. The van der Waals surface area contributed by atoms with Gasteiger partial charge in [0, 0.05) is 19.8 Å². The van der Waals surface area contributed by atoms with Crippen LogP contribution in [-0.2, 0) is 14.4 Å². The number of nitrogens with zero attached hydrogens (tertiary/aromatic N) is 1. The zero-order valence-corrected chi connectivity index (χ0v) is 14.2. The molecule has 0 aromatic heterocycles. The maximum absolute atomic E-state index is 11.7. The summed E-state index contributed by atoms with van der Waals surface area (Å²) in [6.07, 6.45) is 0. The zero-order valence-electron chi connectivity index (χ0n) is 13.4. The van der Waals surface area contributed by atoms with Crippen LogP contribution in [0.4, 0.5) is 5.69 Å². The first-order valence-electron chi connectivity index (χ1n) is 6.91. The van der Waals surface area contributed by atoms with Crippen LogP contribution in [0.5, 0.6) is 5.75 Å². The van der Waals surface area contributed by atoms with Crippen LogP contribution >= 0.6 is 11.8 Å². The van der Waals surface area contributed by atoms with Crippen molar-refractivity contribution < 1.29 is 19.1 Å². The van der Waals surface area contributed by atoms with Gasteiger partial charge in [0.05, 0.1) is 25.2 Å². The number of hydrogen-bond donors (Lipinski definition) is 2. The van der Waals surface area contributed by atoms with Crippen LogP contribution in [0.25, 0.3) is 0 Å². The number of ether oxygens (including phenoxy) is 1. The summed E-state index contributed by atoms with van der Waals surface area (Å²) in [5, 5.41) is 5.23. The fourth-order valence-electron chi connectivity index (χ4n) is 1.49. The molecule has 1 aromatic rings. The highest BCUT2D eigenvalue weighted by atomic mass is 32.2. The van der Waals surface area contributed by atoms with Crippen LogP contribution in [-0.4, -0.2) is 61.9 Å². The van der Waals surface area contributed by atoms with Crippen LogP contribution in [0.15, 0.2) is 24.3 Å². The molecule has 0 atom stereocenters. The Hall–Kier alpha value is -2.22. The molecule has 0 fully saturated rings. The van der Waals surface area contributed by atoms with E-state index in [-0.39, 0.29) is 35.8 Å². The van der Waals surface area contributed by atoms with E-state index in [0.29, 0.717) is 11.4 Å². The first kappa shape index (κ1) is 18.8. The SMILES string of the molecule is COc1ccc(NC(=O)CSCC(=O)NCC(=O)N(C)C)cc1. The Labute approximate surface area is 139 Å². The molecule has 0 aliphatic heterocycles. The molecule has 0 radical (unpaired) electrons. The number of carbonyl (C=O) groups excluding carboxylic acids is 3. The van der Waals surface area contributed by atoms with Crippen molar-refractivity contribution in [3.63, 3.8) is 0 Å². The molecule has 1 aromatic carbocycles. The Morgan fingerprint density at radius 3 is 2.26 bits per heavy atom. The highest BCUT2D eigenvalue weighted by Crippen LogP contribution is 2.15. The molecule has 0 heterocycles. The largest absolute Gasteiger partial charge is 0.497 e. The lowest BCUT2D eigenvalue weighted by atomic mass is 10.3. The molecule has 7 nitrogen and oxygen atoms in total. The Bertz CT molecular complexity index is 546. The van der Waals surface area contributed by atoms with E-state index in [1.165, 1.54) is 16.7 Å². The normalized spacial score (nSPS) is 9.87. The number of likely N-dealkylation sites (N-methyl/N-ethyl adjacent to an activating group) is 1. The molecule has 3 amide bonds. The highest BCUT2D eigenvalue weighted by Gasteiger charge is 2.09. The molecule has 0 unspecified atom stereocenters. The lowest BCUT2D eigenvalue weighted by Gasteiger charge is -2.10. The minimum atomic E-state index is -0.276. The van der Waals surface area contributed by atoms with E-state index in [4.69, 9.17) is 4.74 Å². The van der Waals surface area contributed by atoms with Crippen molar-refractivity contribution >= 4 is 35.2 Å². The van der Waals surface area contributed by atoms with Gasteiger partial charge < -0.3 is 20.3 Å². The second-order valence-corrected chi connectivity index (χ2v) is 5.82. The third-order valence-corrected chi connectivity index (χ3v) is 3.71. The van der Waals surface area contributed by atoms with Crippen LogP contribution in [0.2, 0.25) is 0 Å². The van der Waals surface area contributed by atoms with Crippen molar-refractivity contribution in [2.45, 2.75) is 0 Å². The van der Waals surface area contributed by atoms with Crippen LogP contribution in [0.3, 0.4) is 0 Å². The molecule has 0 aliphatic carbocycles. The third-order valence-electron chi connectivity index (χ3n) is 2.78. The third kappa shape index (κ3) is 7.55. The molecule has 8 heteroatoms. The molecule has 0 aliphatic rings. The number of anilines is 1. The molecule has 23 heavy (non-hydrogen) atoms. The number of benzene rings is 1. The van der Waals surface area contributed by atoms with Crippen molar-refractivity contribution in [1.82, 2.24) is 10.2 Å². The summed E-state index contributed by atoms with van der Waals surface area (Å²) in [4.78, 5) is 36.0. The number of methoxy groups -OCH3 is 1. The first-order valence-corrected chi connectivity index (χ1v) is 8.06. The number of nitrogens with one attached hydrogen (secondary N) is 2. The van der Waals surface area contributed by atoms with Crippen LogP contribution in [0.1, 0.15) is 0 Å². The number of thioether (sulfide) groups is 1. The fraction of sp³-hybridized carbons (Fsp3) is 0.400. The lowest BCUT2D eigenvalue weighted by Crippen LogP contribution is -2.37. The molecule has 0 bridgehead atoms. The summed E-state index contributed by atoms with van der Waals surface area (Å²) in [7, 11) is 4.81. The average Bonchev–Trinajstić information content (AvgIpc) is 2.53. The summed E-state index contributed by atoms with van der Waals surface area (Å²) in [6.45, 7) is -0.0373. The maximum atomic E-state index is 11.7. The standard InChI is InChI=1S/C15H21N3O4S/c1-18(2)15(21)8-16-13(19)9-23-10-14(20)17-11-4-6-12(22-3)7-5-11/h4-7H,8-10H2,1-3H3,(H,16,19)(H,17,20). The predicted octanol–water partition coefficient (Wildman–Crippen LogP) is 0.571. The average molecular weight is 339 g/mol. The van der Waals surface area contributed by atoms with Gasteiger partial charge in [-0.15, -0.1) is 11.8 Å². The van der Waals surface area contributed by atoms with Gasteiger partial charge in [-0.1, -0.05) is 0 Å². The number of hydrogen-bond acceptors (Lipinski definition) is 5. The van der Waals surface area contributed by atoms with E-state index >= 15 is 0 Å². The van der Waals surface area contributed by atoms with Crippen molar-refractivity contribution in [3.8, 4) is 5.75 Å². The quantitative estimate of drug-likeness (QED) is 0.723. The monoisotopic (exact) mass is 339 g/mol. The van der Waals surface area contributed by atoms with Gasteiger partial charge in [0.25, 0.3) is 0 Å². The second-order valence-electron chi connectivity index (χ2n) is 4.83. The van der Waals surface area contributed by atoms with E-state index < -0.39 is 0 Å². The van der Waals surface area contributed by atoms with Gasteiger partial charge in [-0.3, -0.25) is 14.4 Å². The molecule has 2 N–H and O–H groups in total. The number of rotatable bonds is 8. The molecule has 0 saturated carbocycles. The molecule has 126 valence electrons. The van der Waals surface area contributed by atoms with Gasteiger partial charge in [-0.25, -0.2) is 0 Å². The molecule has 0 spiro atoms. The Morgan fingerprint density at radius 1 is 1.09 bits per heavy atom. The molecular weight excluding hydrogens is 318 g/mol. The van der Waals surface area contributed by atoms with E-state index in [9.17, 15) is 14.4 Å². The van der Waals surface area contributed by atoms with Gasteiger partial charge in [-0.05, 0) is 24.3 Å². The van der Waals surface area contributed by atoms with Crippen molar-refractivity contribution in [1.29, 1.82) is 0 Å². The van der Waals surface area contributed by atoms with Gasteiger partial charge in [0.1, 0.15) is 5.75 Å². The topological polar surface area (TPSA) is 87.7 Å². The van der Waals surface area contributed by atoms with Crippen LogP contribution < -0.4 is 15.4 Å². The van der Waals surface area contributed by atoms with Gasteiger partial charge in [0.2, 0.25) is 17.7 Å². The number of amides is 3. The van der Waals surface area contributed by atoms with Crippen molar-refractivity contribution in [2.75, 3.05) is 44.6 Å². The molecule has 0 saturated heterocycles. The number of carbonyl (C=O) groups is 3. The summed E-state index contributed by atoms with van der Waals surface area (Å²) in [6, 6.07) is 6.97. The van der Waals surface area contributed by atoms with E-state index in [0.717, 1.165) is 0 Å². The van der Waals surface area contributed by atoms with E-state index in [2.05, 4.69) is 10.6 Å². The first-order chi connectivity index (χ1) is 10.9. The van der Waals surface area contributed by atoms with Crippen molar-refractivity contribution in [3.05, 3.63) is 24.3 Å². The smallest absolute Gasteiger partial charge is 0.241 e. The maximum Gasteiger partial charge on any atom is 0.241 e. The van der Waals surface area contributed by atoms with E-state index in [1.54, 1.807) is 45.5 Å². The lowest BCUT2D eigenvalue weighted by molar-refractivity contribution is -0.130. The van der Waals surface area contributed by atoms with Gasteiger partial charge in [0.15, 0.2) is 0 Å². The Kier molecular flexibility index (Phi) is 7.96. The second kappa shape index (κ2) is 9.73. The minimum absolute atomic E-state index is 0.0373. The fourth-order valence-corrected chi connectivity index (χ4v) is 2.14. The van der Waals surface area contributed by atoms with Crippen LogP contribution in [0, 0.1) is 0 Å². The summed E-state index contributed by atoms with van der Waals surface area (Å²) in [5.41, 5.74) is 0.664. The highest BCUT2D eigenvalue weighted by molar-refractivity contribution is 8.00. The van der Waals surface area contributed by atoms with Crippen molar-refractivity contribution in [2.24, 2.45) is 0 Å². The van der Waals surface area contributed by atoms with Gasteiger partial charge >= 0.3 is 0 Å². The molecule has 1 rings (SSSR count). The zero-order chi connectivity index (χ0) is 17.2. The summed E-state index contributed by atoms with van der Waals surface area (Å²) < 4.78 is 5.03. The summed E-state index contributed by atoms with van der Waals surface area (Å²) in [5.74, 6) is 0.333. The molecular formula is C15H21N3O4S. The summed E-state index contributed by atoms with van der Waals surface area (Å²) >= 11 is 1.18. The van der Waals surface area contributed by atoms with E-state index in [1.807, 2.05) is 0 Å².